The predicted octanol–water partition coefficient (Wildman–Crippen LogP) is 4.28. The first-order valence-electron chi connectivity index (χ1n) is 8.93. The number of rotatable bonds is 4. The molecule has 0 spiro atoms. The third kappa shape index (κ3) is 3.78. The minimum atomic E-state index is -0.226. The smallest absolute Gasteiger partial charge is 0.123 e. The molecule has 2 aliphatic heterocycles. The Kier molecular flexibility index (Phi) is 4.59. The van der Waals surface area contributed by atoms with Crippen LogP contribution in [0.25, 0.3) is 0 Å². The molecule has 0 aliphatic carbocycles. The maximum atomic E-state index is 12.9. The molecule has 0 amide bonds. The van der Waals surface area contributed by atoms with Gasteiger partial charge in [-0.15, -0.1) is 0 Å². The van der Waals surface area contributed by atoms with Gasteiger partial charge in [-0.2, -0.15) is 0 Å². The number of ether oxygens (including phenoxy) is 1. The van der Waals surface area contributed by atoms with E-state index in [0.717, 1.165) is 38.2 Å². The number of benzene rings is 2. The van der Waals surface area contributed by atoms with E-state index < -0.39 is 0 Å². The molecule has 1 atom stereocenters. The molecule has 130 valence electrons. The summed E-state index contributed by atoms with van der Waals surface area (Å²) in [5.74, 6) is 1.04. The molecule has 2 heterocycles. The van der Waals surface area contributed by atoms with E-state index in [0.29, 0.717) is 12.5 Å². The zero-order valence-electron chi connectivity index (χ0n) is 14.3. The van der Waals surface area contributed by atoms with Crippen molar-refractivity contribution in [2.45, 2.75) is 12.8 Å². The van der Waals surface area contributed by atoms with Gasteiger partial charge in [-0.25, -0.2) is 4.39 Å². The summed E-state index contributed by atoms with van der Waals surface area (Å²) in [5.41, 5.74) is 2.68. The Morgan fingerprint density at radius 2 is 1.80 bits per heavy atom. The lowest BCUT2D eigenvalue weighted by Gasteiger charge is -2.41. The van der Waals surface area contributed by atoms with Gasteiger partial charge in [-0.3, -0.25) is 0 Å². The molecule has 1 saturated heterocycles. The van der Waals surface area contributed by atoms with Gasteiger partial charge >= 0.3 is 0 Å². The molecule has 3 nitrogen and oxygen atoms in total. The topological polar surface area (TPSA) is 15.7 Å². The van der Waals surface area contributed by atoms with Crippen LogP contribution in [0.2, 0.25) is 0 Å². The van der Waals surface area contributed by atoms with E-state index in [1.165, 1.54) is 23.5 Å². The summed E-state index contributed by atoms with van der Waals surface area (Å²) >= 11 is 0. The average Bonchev–Trinajstić information content (AvgIpc) is 2.68. The summed E-state index contributed by atoms with van der Waals surface area (Å²) in [6, 6.07) is 16.8. The van der Waals surface area contributed by atoms with Crippen molar-refractivity contribution in [3.05, 3.63) is 72.3 Å². The van der Waals surface area contributed by atoms with Crippen LogP contribution in [0, 0.1) is 11.7 Å². The second-order valence-electron chi connectivity index (χ2n) is 6.77. The fourth-order valence-corrected chi connectivity index (χ4v) is 3.59. The zero-order valence-corrected chi connectivity index (χ0v) is 14.3. The number of allylic oxidation sites excluding steroid dienone is 1. The first-order chi connectivity index (χ1) is 12.3. The fraction of sp³-hybridized carbons (Fsp3) is 0.333. The number of para-hydroxylation sites is 1. The molecule has 0 aromatic heterocycles. The Hall–Kier alpha value is -2.49. The Labute approximate surface area is 148 Å². The lowest BCUT2D eigenvalue weighted by atomic mass is 9.95. The summed E-state index contributed by atoms with van der Waals surface area (Å²) in [6.07, 6.45) is 4.52. The first kappa shape index (κ1) is 16.0. The molecule has 0 N–H and O–H groups in total. The number of halogens is 1. The molecule has 0 saturated carbocycles. The molecule has 2 aromatic carbocycles. The van der Waals surface area contributed by atoms with Crippen LogP contribution in [0.4, 0.5) is 10.1 Å². The molecule has 0 radical (unpaired) electrons. The summed E-state index contributed by atoms with van der Waals surface area (Å²) in [7, 11) is 0. The van der Waals surface area contributed by atoms with Gasteiger partial charge in [0.15, 0.2) is 0 Å². The van der Waals surface area contributed by atoms with E-state index in [-0.39, 0.29) is 5.82 Å². The van der Waals surface area contributed by atoms with Crippen molar-refractivity contribution >= 4 is 5.69 Å². The van der Waals surface area contributed by atoms with E-state index >= 15 is 0 Å². The number of hydrogen-bond donors (Lipinski definition) is 0. The molecule has 1 fully saturated rings. The van der Waals surface area contributed by atoms with Crippen LogP contribution in [0.3, 0.4) is 0 Å². The highest BCUT2D eigenvalue weighted by molar-refractivity contribution is 5.50. The van der Waals surface area contributed by atoms with Gasteiger partial charge < -0.3 is 14.5 Å². The number of hydrogen-bond acceptors (Lipinski definition) is 3. The number of nitrogens with zero attached hydrogens (tertiary/aromatic N) is 2. The van der Waals surface area contributed by atoms with Gasteiger partial charge in [0.05, 0.1) is 6.61 Å². The normalized spacial score (nSPS) is 20.0. The van der Waals surface area contributed by atoms with Crippen LogP contribution in [0.1, 0.15) is 12.8 Å². The molecule has 2 aromatic rings. The Bertz CT molecular complexity index is 729. The van der Waals surface area contributed by atoms with Crippen LogP contribution >= 0.6 is 0 Å². The van der Waals surface area contributed by atoms with Crippen LogP contribution in [-0.4, -0.2) is 31.1 Å². The molecule has 4 heteroatoms. The second-order valence-corrected chi connectivity index (χ2v) is 6.77. The standard InChI is InChI=1S/C21H23FN2O/c22-18-7-10-21(11-8-18)25-16-17-6-9-20-15-24(13-12-23(20)14-17)19-4-2-1-3-5-19/h1-5,7-8,10-11,15,17H,6,9,12-14,16H2. The number of piperidine rings is 1. The van der Waals surface area contributed by atoms with Crippen LogP contribution < -0.4 is 9.64 Å². The van der Waals surface area contributed by atoms with E-state index in [1.54, 1.807) is 12.1 Å². The number of anilines is 1. The van der Waals surface area contributed by atoms with Crippen molar-refractivity contribution in [3.63, 3.8) is 0 Å². The SMILES string of the molecule is Fc1ccc(OCC2CCC3=CN(c4ccccc4)CCN3C2)cc1. The molecule has 1 unspecified atom stereocenters. The van der Waals surface area contributed by atoms with Gasteiger partial charge in [-0.05, 0) is 49.2 Å². The lowest BCUT2D eigenvalue weighted by molar-refractivity contribution is 0.159. The van der Waals surface area contributed by atoms with Gasteiger partial charge in [0, 0.05) is 43.1 Å². The van der Waals surface area contributed by atoms with E-state index in [4.69, 9.17) is 4.74 Å². The third-order valence-electron chi connectivity index (χ3n) is 5.00. The maximum Gasteiger partial charge on any atom is 0.123 e. The fourth-order valence-electron chi connectivity index (χ4n) is 3.59. The van der Waals surface area contributed by atoms with E-state index in [9.17, 15) is 4.39 Å². The monoisotopic (exact) mass is 338 g/mol. The summed E-state index contributed by atoms with van der Waals surface area (Å²) in [4.78, 5) is 4.84. The minimum absolute atomic E-state index is 0.226. The zero-order chi connectivity index (χ0) is 17.1. The van der Waals surface area contributed by atoms with Crippen LogP contribution in [-0.2, 0) is 0 Å². The molecule has 4 rings (SSSR count). The summed E-state index contributed by atoms with van der Waals surface area (Å²) in [6.45, 7) is 3.79. The number of fused-ring (bicyclic) bond motifs is 1. The van der Waals surface area contributed by atoms with Crippen LogP contribution in [0.5, 0.6) is 5.75 Å². The predicted molar refractivity (Wildman–Crippen MR) is 98.1 cm³/mol. The van der Waals surface area contributed by atoms with Gasteiger partial charge in [0.2, 0.25) is 0 Å². The molecule has 25 heavy (non-hydrogen) atoms. The summed E-state index contributed by atoms with van der Waals surface area (Å²) < 4.78 is 18.8. The Morgan fingerprint density at radius 1 is 1.00 bits per heavy atom. The minimum Gasteiger partial charge on any atom is -0.493 e. The van der Waals surface area contributed by atoms with E-state index in [1.807, 2.05) is 0 Å². The molecular formula is C21H23FN2O. The highest BCUT2D eigenvalue weighted by Gasteiger charge is 2.27. The van der Waals surface area contributed by atoms with Crippen molar-refractivity contribution in [1.82, 2.24) is 4.90 Å². The van der Waals surface area contributed by atoms with E-state index in [2.05, 4.69) is 46.3 Å². The molecular weight excluding hydrogens is 315 g/mol. The Balaban J connectivity index is 1.34. The Morgan fingerprint density at radius 3 is 2.60 bits per heavy atom. The van der Waals surface area contributed by atoms with Gasteiger partial charge in [0.1, 0.15) is 11.6 Å². The quantitative estimate of drug-likeness (QED) is 0.828. The van der Waals surface area contributed by atoms with Crippen molar-refractivity contribution in [1.29, 1.82) is 0 Å². The molecule has 0 bridgehead atoms. The largest absolute Gasteiger partial charge is 0.493 e. The van der Waals surface area contributed by atoms with Gasteiger partial charge in [0.25, 0.3) is 0 Å². The summed E-state index contributed by atoms with van der Waals surface area (Å²) in [5, 5.41) is 0. The molecule has 2 aliphatic rings. The van der Waals surface area contributed by atoms with Crippen molar-refractivity contribution in [2.24, 2.45) is 5.92 Å². The first-order valence-corrected chi connectivity index (χ1v) is 8.93. The van der Waals surface area contributed by atoms with Gasteiger partial charge in [-0.1, -0.05) is 18.2 Å². The third-order valence-corrected chi connectivity index (χ3v) is 5.00. The highest BCUT2D eigenvalue weighted by atomic mass is 19.1. The van der Waals surface area contributed by atoms with Crippen molar-refractivity contribution < 1.29 is 9.13 Å². The van der Waals surface area contributed by atoms with Crippen LogP contribution in [0.15, 0.2) is 66.5 Å². The van der Waals surface area contributed by atoms with Crippen molar-refractivity contribution in [3.8, 4) is 5.75 Å². The maximum absolute atomic E-state index is 12.9. The average molecular weight is 338 g/mol. The van der Waals surface area contributed by atoms with Crippen molar-refractivity contribution in [2.75, 3.05) is 31.1 Å². The second kappa shape index (κ2) is 7.18. The lowest BCUT2D eigenvalue weighted by Crippen LogP contribution is -2.44. The highest BCUT2D eigenvalue weighted by Crippen LogP contribution is 2.29.